The minimum absolute atomic E-state index is 0.945. The van der Waals surface area contributed by atoms with Crippen molar-refractivity contribution >= 4 is 22.9 Å². The molecule has 0 fully saturated rings. The maximum absolute atomic E-state index is 10.2. The molecule has 1 rings (SSSR count). The molecular weight excluding hydrogens is 318 g/mol. The van der Waals surface area contributed by atoms with Crippen LogP contribution >= 0.6 is 0 Å². The van der Waals surface area contributed by atoms with Gasteiger partial charge in [-0.1, -0.05) is 15.0 Å². The molecule has 0 aromatic heterocycles. The largest absolute Gasteiger partial charge is 0.362 e. The van der Waals surface area contributed by atoms with Crippen molar-refractivity contribution in [1.82, 2.24) is 9.80 Å². The standard InChI is InChI=1S/C7H12N2.2F3NS/c1-3-4-9-6-5-8(2)7-9;2*1-4-5(2)3/h3,5-6H,1,4,7H2,2H3;;. The first-order valence-corrected chi connectivity index (χ1v) is 6.35. The van der Waals surface area contributed by atoms with Crippen LogP contribution in [0.1, 0.15) is 0 Å². The molecule has 0 N–H and O–H groups in total. The third kappa shape index (κ3) is 17.0. The predicted molar refractivity (Wildman–Crippen MR) is 64.9 cm³/mol. The Hall–Kier alpha value is -1.04. The van der Waals surface area contributed by atoms with Crippen LogP contribution in [-0.2, 0) is 22.9 Å². The lowest BCUT2D eigenvalue weighted by molar-refractivity contribution is 0.318. The number of halogens is 6. The summed E-state index contributed by atoms with van der Waals surface area (Å²) < 4.78 is 63.2. The second-order valence-corrected chi connectivity index (χ2v) is 3.85. The van der Waals surface area contributed by atoms with Crippen molar-refractivity contribution in [3.8, 4) is 0 Å². The third-order valence-electron chi connectivity index (χ3n) is 1.40. The second-order valence-electron chi connectivity index (χ2n) is 2.79. The minimum Gasteiger partial charge on any atom is -0.362 e. The highest BCUT2D eigenvalue weighted by Crippen LogP contribution is 2.01. The summed E-state index contributed by atoms with van der Waals surface area (Å²) in [5, 5.41) is 0. The number of nitrogens with zero attached hydrogens (tertiary/aromatic N) is 4. The van der Waals surface area contributed by atoms with Crippen molar-refractivity contribution in [3.63, 3.8) is 0 Å². The molecule has 114 valence electrons. The van der Waals surface area contributed by atoms with Crippen LogP contribution in [0.4, 0.5) is 24.5 Å². The first-order chi connectivity index (χ1) is 8.87. The lowest BCUT2D eigenvalue weighted by Gasteiger charge is -2.15. The van der Waals surface area contributed by atoms with E-state index in [2.05, 4.69) is 35.8 Å². The van der Waals surface area contributed by atoms with Crippen LogP contribution < -0.4 is 0 Å². The zero-order valence-electron chi connectivity index (χ0n) is 9.73. The lowest BCUT2D eigenvalue weighted by Crippen LogP contribution is -2.21. The van der Waals surface area contributed by atoms with Gasteiger partial charge in [-0.25, -0.2) is 0 Å². The van der Waals surface area contributed by atoms with Crippen LogP contribution in [0.3, 0.4) is 0 Å². The zero-order chi connectivity index (χ0) is 15.3. The summed E-state index contributed by atoms with van der Waals surface area (Å²) in [4.78, 5) is 4.32. The zero-order valence-corrected chi connectivity index (χ0v) is 11.4. The summed E-state index contributed by atoms with van der Waals surface area (Å²) in [6.07, 6.45) is 6.04. The van der Waals surface area contributed by atoms with E-state index >= 15 is 0 Å². The molecule has 0 saturated heterocycles. The molecular formula is C7H12F6N4S2. The van der Waals surface area contributed by atoms with Gasteiger partial charge in [0, 0.05) is 35.2 Å². The fourth-order valence-corrected chi connectivity index (χ4v) is 0.873. The molecule has 1 aliphatic heterocycles. The van der Waals surface area contributed by atoms with E-state index in [0.717, 1.165) is 22.4 Å². The number of hydrogen-bond acceptors (Lipinski definition) is 4. The van der Waals surface area contributed by atoms with Gasteiger partial charge in [-0.15, -0.1) is 22.1 Å². The Morgan fingerprint density at radius 2 is 1.58 bits per heavy atom. The fourth-order valence-electron chi connectivity index (χ4n) is 0.873. The van der Waals surface area contributed by atoms with Crippen LogP contribution in [-0.4, -0.2) is 30.1 Å². The monoisotopic (exact) mass is 330 g/mol. The minimum atomic E-state index is -3.36. The second kappa shape index (κ2) is 13.4. The molecule has 0 amide bonds. The van der Waals surface area contributed by atoms with Crippen LogP contribution in [0.5, 0.6) is 0 Å². The normalized spacial score (nSPS) is 12.7. The Morgan fingerprint density at radius 3 is 1.79 bits per heavy atom. The number of hydrogen-bond donors (Lipinski definition) is 0. The first kappa shape index (κ1) is 20.3. The van der Waals surface area contributed by atoms with Crippen molar-refractivity contribution in [1.29, 1.82) is 0 Å². The van der Waals surface area contributed by atoms with Crippen LogP contribution in [0.2, 0.25) is 0 Å². The fraction of sp³-hybridized carbons (Fsp3) is 0.429. The van der Waals surface area contributed by atoms with E-state index in [1.807, 2.05) is 6.08 Å². The van der Waals surface area contributed by atoms with Gasteiger partial charge in [0.1, 0.15) is 0 Å². The van der Waals surface area contributed by atoms with Crippen molar-refractivity contribution in [3.05, 3.63) is 25.1 Å². The Kier molecular flexibility index (Phi) is 14.3. The summed E-state index contributed by atoms with van der Waals surface area (Å²) in [6.45, 7) is 5.59. The molecule has 4 nitrogen and oxygen atoms in total. The molecule has 0 bridgehead atoms. The summed E-state index contributed by atoms with van der Waals surface area (Å²) in [6, 6.07) is 0. The highest BCUT2D eigenvalue weighted by atomic mass is 32.2. The van der Waals surface area contributed by atoms with E-state index in [1.165, 1.54) is 0 Å². The van der Waals surface area contributed by atoms with Crippen molar-refractivity contribution in [2.24, 2.45) is 9.17 Å². The summed E-state index contributed by atoms with van der Waals surface area (Å²) in [7, 11) is 2.06. The topological polar surface area (TPSA) is 31.2 Å². The first-order valence-electron chi connectivity index (χ1n) is 4.38. The van der Waals surface area contributed by atoms with Gasteiger partial charge in [0.25, 0.3) is 22.9 Å². The Labute approximate surface area is 112 Å². The Balaban J connectivity index is 0. The van der Waals surface area contributed by atoms with Gasteiger partial charge in [-0.2, -0.15) is 0 Å². The summed E-state index contributed by atoms with van der Waals surface area (Å²) >= 11 is -6.73. The van der Waals surface area contributed by atoms with E-state index in [-0.39, 0.29) is 0 Å². The average molecular weight is 330 g/mol. The molecule has 0 radical (unpaired) electrons. The van der Waals surface area contributed by atoms with Gasteiger partial charge in [0.2, 0.25) is 0 Å². The molecule has 0 atom stereocenters. The van der Waals surface area contributed by atoms with E-state index in [4.69, 9.17) is 0 Å². The smallest absolute Gasteiger partial charge is 0.293 e. The quantitative estimate of drug-likeness (QED) is 0.571. The molecule has 0 aliphatic carbocycles. The molecule has 0 aromatic rings. The molecule has 19 heavy (non-hydrogen) atoms. The van der Waals surface area contributed by atoms with E-state index in [1.54, 1.807) is 0 Å². The van der Waals surface area contributed by atoms with Crippen LogP contribution in [0.15, 0.2) is 34.2 Å². The van der Waals surface area contributed by atoms with E-state index in [0.29, 0.717) is 0 Å². The Bertz CT molecular complexity index is 314. The molecule has 0 spiro atoms. The predicted octanol–water partition coefficient (Wildman–Crippen LogP) is 3.73. The highest BCUT2D eigenvalue weighted by Gasteiger charge is 2.04. The van der Waals surface area contributed by atoms with Gasteiger partial charge in [-0.05, 0) is 0 Å². The van der Waals surface area contributed by atoms with Crippen molar-refractivity contribution < 1.29 is 24.5 Å². The Morgan fingerprint density at radius 1 is 1.16 bits per heavy atom. The molecule has 0 saturated carbocycles. The maximum atomic E-state index is 10.2. The van der Waals surface area contributed by atoms with Gasteiger partial charge in [0.15, 0.2) is 0 Å². The van der Waals surface area contributed by atoms with Crippen LogP contribution in [0, 0.1) is 0 Å². The molecule has 0 unspecified atom stereocenters. The van der Waals surface area contributed by atoms with Gasteiger partial charge >= 0.3 is 0 Å². The molecule has 1 heterocycles. The lowest BCUT2D eigenvalue weighted by atomic mass is 10.6. The molecule has 12 heteroatoms. The summed E-state index contributed by atoms with van der Waals surface area (Å²) in [5.74, 6) is 0. The summed E-state index contributed by atoms with van der Waals surface area (Å²) in [5.41, 5.74) is 0. The molecule has 0 aromatic carbocycles. The number of rotatable bonds is 2. The average Bonchev–Trinajstić information content (AvgIpc) is 2.77. The van der Waals surface area contributed by atoms with E-state index < -0.39 is 22.9 Å². The van der Waals surface area contributed by atoms with Gasteiger partial charge < -0.3 is 9.80 Å². The third-order valence-corrected chi connectivity index (χ3v) is 1.61. The van der Waals surface area contributed by atoms with E-state index in [9.17, 15) is 24.5 Å². The van der Waals surface area contributed by atoms with Gasteiger partial charge in [0.05, 0.1) is 6.67 Å². The maximum Gasteiger partial charge on any atom is 0.293 e. The van der Waals surface area contributed by atoms with Crippen molar-refractivity contribution in [2.45, 2.75) is 0 Å². The highest BCUT2D eigenvalue weighted by molar-refractivity contribution is 7.76. The van der Waals surface area contributed by atoms with Crippen LogP contribution in [0.25, 0.3) is 0 Å². The molecule has 1 aliphatic rings. The van der Waals surface area contributed by atoms with Gasteiger partial charge in [-0.3, -0.25) is 0 Å². The SMILES string of the molecule is C=CCN1C=CN(C)C1.FN=S(F)F.FN=S(F)F. The van der Waals surface area contributed by atoms with Crippen molar-refractivity contribution in [2.75, 3.05) is 20.3 Å².